The first-order valence-electron chi connectivity index (χ1n) is 27.2. The number of nitrogens with one attached hydrogen (secondary N) is 1. The lowest BCUT2D eigenvalue weighted by Crippen LogP contribution is -2.45. The predicted molar refractivity (Wildman–Crippen MR) is 304 cm³/mol. The number of phosphoric acid groups is 1. The van der Waals surface area contributed by atoms with Gasteiger partial charge in [-0.3, -0.25) is 13.8 Å². The third-order valence-corrected chi connectivity index (χ3v) is 12.0. The molecule has 0 aromatic rings. The molecular formula is C61H102N2O6P+. The van der Waals surface area contributed by atoms with Gasteiger partial charge in [0.15, 0.2) is 0 Å². The lowest BCUT2D eigenvalue weighted by Gasteiger charge is -2.25. The van der Waals surface area contributed by atoms with Gasteiger partial charge in [0.1, 0.15) is 13.2 Å². The number of unbranched alkanes of at least 4 members (excludes halogenated alkanes) is 12. The van der Waals surface area contributed by atoms with Crippen molar-refractivity contribution in [3.63, 3.8) is 0 Å². The number of quaternary nitrogens is 1. The van der Waals surface area contributed by atoms with Crippen LogP contribution in [-0.2, 0) is 18.4 Å². The van der Waals surface area contributed by atoms with E-state index >= 15 is 0 Å². The van der Waals surface area contributed by atoms with Crippen LogP contribution in [0.2, 0.25) is 0 Å². The minimum absolute atomic E-state index is 0.0423. The Kier molecular flexibility index (Phi) is 47.7. The number of aliphatic hydroxyl groups is 1. The van der Waals surface area contributed by atoms with Gasteiger partial charge in [-0.05, 0) is 109 Å². The van der Waals surface area contributed by atoms with Crippen molar-refractivity contribution < 1.29 is 32.9 Å². The van der Waals surface area contributed by atoms with Crippen LogP contribution in [-0.4, -0.2) is 73.4 Å². The molecule has 0 aliphatic carbocycles. The minimum Gasteiger partial charge on any atom is -0.387 e. The maximum atomic E-state index is 12.9. The molecule has 3 unspecified atom stereocenters. The second kappa shape index (κ2) is 50.3. The fourth-order valence-electron chi connectivity index (χ4n) is 6.79. The van der Waals surface area contributed by atoms with Crippen molar-refractivity contribution in [1.82, 2.24) is 5.32 Å². The smallest absolute Gasteiger partial charge is 0.387 e. The lowest BCUT2D eigenvalue weighted by atomic mass is 10.1. The van der Waals surface area contributed by atoms with Crippen molar-refractivity contribution in [1.29, 1.82) is 0 Å². The first-order valence-corrected chi connectivity index (χ1v) is 28.7. The van der Waals surface area contributed by atoms with Crippen molar-refractivity contribution >= 4 is 13.7 Å². The number of amides is 1. The van der Waals surface area contributed by atoms with Gasteiger partial charge in [0.2, 0.25) is 5.91 Å². The van der Waals surface area contributed by atoms with E-state index in [1.807, 2.05) is 27.2 Å². The molecule has 0 spiro atoms. The highest BCUT2D eigenvalue weighted by Crippen LogP contribution is 2.43. The van der Waals surface area contributed by atoms with Crippen LogP contribution in [0.5, 0.6) is 0 Å². The summed E-state index contributed by atoms with van der Waals surface area (Å²) in [4.78, 5) is 23.2. The molecule has 0 aromatic carbocycles. The van der Waals surface area contributed by atoms with Crippen LogP contribution in [0, 0.1) is 0 Å². The summed E-state index contributed by atoms with van der Waals surface area (Å²) in [5, 5.41) is 13.8. The number of hydrogen-bond acceptors (Lipinski definition) is 5. The number of hydrogen-bond donors (Lipinski definition) is 3. The lowest BCUT2D eigenvalue weighted by molar-refractivity contribution is -0.870. The van der Waals surface area contributed by atoms with Gasteiger partial charge < -0.3 is 19.8 Å². The molecule has 0 fully saturated rings. The third kappa shape index (κ3) is 52.2. The maximum absolute atomic E-state index is 12.9. The summed E-state index contributed by atoms with van der Waals surface area (Å²) in [6, 6.07) is -0.887. The van der Waals surface area contributed by atoms with Crippen molar-refractivity contribution in [2.45, 2.75) is 193 Å². The minimum atomic E-state index is -4.37. The normalized spacial score (nSPS) is 15.1. The summed E-state index contributed by atoms with van der Waals surface area (Å²) < 4.78 is 23.6. The van der Waals surface area contributed by atoms with Crippen LogP contribution in [0.25, 0.3) is 0 Å². The zero-order valence-electron chi connectivity index (χ0n) is 44.9. The number of carbonyl (C=O) groups excluding carboxylic acids is 1. The van der Waals surface area contributed by atoms with E-state index in [4.69, 9.17) is 9.05 Å². The molecule has 3 atom stereocenters. The van der Waals surface area contributed by atoms with E-state index in [0.717, 1.165) is 116 Å². The van der Waals surface area contributed by atoms with E-state index in [9.17, 15) is 19.4 Å². The molecule has 0 saturated carbocycles. The molecule has 0 saturated heterocycles. The molecule has 1 amide bonds. The fraction of sp³-hybridized carbons (Fsp3) is 0.590. The second-order valence-electron chi connectivity index (χ2n) is 18.9. The standard InChI is InChI=1S/C61H101N2O6P/c1-6-8-10-12-14-16-18-20-21-22-23-24-25-26-27-28-29-30-31-32-33-34-35-36-37-38-39-40-41-43-45-47-49-51-53-55-61(65)62-59(58-69-70(66,67)68-57-56-63(3,4)5)60(64)54-52-50-48-46-44-42-19-17-15-13-11-9-7-2/h8,10,14,16,20-21,23-24,26-27,29-30,32-33,35-36,38-39,41,43-44,46,52,54,59-60,64H,6-7,9,11-13,15,17-19,22,25,28,31,34,37,40,42,45,47-51,53,55-58H2,1-5H3,(H-,62,65,66,67)/p+1/b10-8-,16-14-,21-20-,24-23-,27-26-,30-29-,33-32-,36-35-,39-38-,43-41-,46-44+,54-52+. The molecule has 3 N–H and O–H groups in total. The average molecular weight is 990 g/mol. The summed E-state index contributed by atoms with van der Waals surface area (Å²) in [7, 11) is 1.51. The first kappa shape index (κ1) is 66.4. The Labute approximate surface area is 429 Å². The second-order valence-corrected chi connectivity index (χ2v) is 20.3. The number of rotatable bonds is 47. The predicted octanol–water partition coefficient (Wildman–Crippen LogP) is 16.5. The molecule has 8 nitrogen and oxygen atoms in total. The van der Waals surface area contributed by atoms with E-state index < -0.39 is 20.0 Å². The quantitative estimate of drug-likeness (QED) is 0.0243. The Morgan fingerprint density at radius 2 is 0.871 bits per heavy atom. The first-order chi connectivity index (χ1) is 34.0. The molecule has 396 valence electrons. The SMILES string of the molecule is CC/C=C\C/C=C\C/C=C\C/C=C\C/C=C\C/C=C\C/C=C\C/C=C\C/C=C\C/C=C\CCCCCCC(=O)NC(COP(=O)(O)OCC[N+](C)(C)C)C(O)/C=C/CC/C=C/CCCCCCCCC. The average Bonchev–Trinajstić information content (AvgIpc) is 3.32. The molecule has 0 radical (unpaired) electrons. The van der Waals surface area contributed by atoms with Crippen LogP contribution in [0.4, 0.5) is 0 Å². The Morgan fingerprint density at radius 1 is 0.500 bits per heavy atom. The van der Waals surface area contributed by atoms with Gasteiger partial charge in [-0.1, -0.05) is 211 Å². The van der Waals surface area contributed by atoms with Crippen LogP contribution in [0.15, 0.2) is 146 Å². The molecule has 0 rings (SSSR count). The molecule has 9 heteroatoms. The number of aliphatic hydroxyl groups excluding tert-OH is 1. The highest BCUT2D eigenvalue weighted by molar-refractivity contribution is 7.47. The van der Waals surface area contributed by atoms with E-state index in [-0.39, 0.29) is 19.1 Å². The van der Waals surface area contributed by atoms with Crippen molar-refractivity contribution in [3.05, 3.63) is 146 Å². The van der Waals surface area contributed by atoms with Gasteiger partial charge in [0.25, 0.3) is 0 Å². The molecule has 0 bridgehead atoms. The van der Waals surface area contributed by atoms with E-state index in [2.05, 4.69) is 153 Å². The van der Waals surface area contributed by atoms with Gasteiger partial charge in [-0.15, -0.1) is 0 Å². The zero-order chi connectivity index (χ0) is 51.3. The molecule has 0 aliphatic heterocycles. The topological polar surface area (TPSA) is 105 Å². The molecule has 0 aromatic heterocycles. The zero-order valence-corrected chi connectivity index (χ0v) is 45.8. The summed E-state index contributed by atoms with van der Waals surface area (Å²) in [6.45, 7) is 4.61. The highest BCUT2D eigenvalue weighted by atomic mass is 31.2. The number of phosphoric ester groups is 1. The third-order valence-electron chi connectivity index (χ3n) is 11.0. The van der Waals surface area contributed by atoms with Crippen LogP contribution in [0.1, 0.15) is 181 Å². The highest BCUT2D eigenvalue weighted by Gasteiger charge is 2.27. The largest absolute Gasteiger partial charge is 0.472 e. The summed E-state index contributed by atoms with van der Waals surface area (Å²) >= 11 is 0. The monoisotopic (exact) mass is 990 g/mol. The van der Waals surface area contributed by atoms with Crippen LogP contribution >= 0.6 is 7.82 Å². The number of allylic oxidation sites excluding steroid dienone is 23. The fourth-order valence-corrected chi connectivity index (χ4v) is 7.52. The van der Waals surface area contributed by atoms with Crippen molar-refractivity contribution in [2.75, 3.05) is 40.9 Å². The van der Waals surface area contributed by atoms with Crippen molar-refractivity contribution in [3.8, 4) is 0 Å². The summed E-state index contributed by atoms with van der Waals surface area (Å²) in [5.74, 6) is -0.220. The number of carbonyl (C=O) groups is 1. The number of nitrogens with zero attached hydrogens (tertiary/aromatic N) is 1. The number of likely N-dealkylation sites (N-methyl/N-ethyl adjacent to an activating group) is 1. The summed E-state index contributed by atoms with van der Waals surface area (Å²) in [5.41, 5.74) is 0. The van der Waals surface area contributed by atoms with E-state index in [1.54, 1.807) is 6.08 Å². The Bertz CT molecular complexity index is 1640. The van der Waals surface area contributed by atoms with E-state index in [1.165, 1.54) is 44.9 Å². The van der Waals surface area contributed by atoms with E-state index in [0.29, 0.717) is 17.4 Å². The summed E-state index contributed by atoms with van der Waals surface area (Å²) in [6.07, 6.45) is 78.0. The Morgan fingerprint density at radius 3 is 1.31 bits per heavy atom. The maximum Gasteiger partial charge on any atom is 0.472 e. The van der Waals surface area contributed by atoms with Crippen LogP contribution in [0.3, 0.4) is 0 Å². The molecule has 70 heavy (non-hydrogen) atoms. The van der Waals surface area contributed by atoms with Gasteiger partial charge in [0, 0.05) is 6.42 Å². The molecule has 0 aliphatic rings. The Hall–Kier alpha value is -3.62. The van der Waals surface area contributed by atoms with Crippen molar-refractivity contribution in [2.24, 2.45) is 0 Å². The van der Waals surface area contributed by atoms with Gasteiger partial charge in [-0.2, -0.15) is 0 Å². The van der Waals surface area contributed by atoms with Gasteiger partial charge in [-0.25, -0.2) is 4.57 Å². The van der Waals surface area contributed by atoms with Gasteiger partial charge in [0.05, 0.1) is 39.9 Å². The van der Waals surface area contributed by atoms with Gasteiger partial charge >= 0.3 is 7.82 Å². The Balaban J connectivity index is 4.29. The molecule has 0 heterocycles. The molecular weight excluding hydrogens is 888 g/mol. The van der Waals surface area contributed by atoms with Crippen LogP contribution < -0.4 is 5.32 Å².